The fourth-order valence-corrected chi connectivity index (χ4v) is 2.75. The first-order valence-electron chi connectivity index (χ1n) is 6.25. The molecule has 0 spiro atoms. The quantitative estimate of drug-likeness (QED) is 0.552. The Balaban J connectivity index is 1.93. The van der Waals surface area contributed by atoms with Gasteiger partial charge in [-0.3, -0.25) is 5.41 Å². The van der Waals surface area contributed by atoms with Crippen LogP contribution in [0.1, 0.15) is 37.2 Å². The first-order chi connectivity index (χ1) is 8.18. The molecule has 0 aliphatic heterocycles. The zero-order valence-electron chi connectivity index (χ0n) is 9.97. The van der Waals surface area contributed by atoms with Gasteiger partial charge in [-0.15, -0.1) is 0 Å². The maximum atomic E-state index is 9.76. The topological polar surface area (TPSA) is 70.1 Å². The Kier molecular flexibility index (Phi) is 3.79. The van der Waals surface area contributed by atoms with Gasteiger partial charge in [0.15, 0.2) is 0 Å². The third-order valence-corrected chi connectivity index (χ3v) is 3.81. The van der Waals surface area contributed by atoms with Crippen molar-refractivity contribution >= 4 is 5.84 Å². The predicted octanol–water partition coefficient (Wildman–Crippen LogP) is 2.26. The first kappa shape index (κ1) is 12.1. The van der Waals surface area contributed by atoms with E-state index in [1.165, 1.54) is 5.56 Å². The molecule has 0 heterocycles. The number of hydrogen-bond acceptors (Lipinski definition) is 2. The molecule has 4 N–H and O–H groups in total. The van der Waals surface area contributed by atoms with E-state index in [9.17, 15) is 5.11 Å². The van der Waals surface area contributed by atoms with Gasteiger partial charge in [0, 0.05) is 0 Å². The number of amidine groups is 1. The van der Waals surface area contributed by atoms with Crippen LogP contribution in [0.25, 0.3) is 0 Å². The van der Waals surface area contributed by atoms with Crippen molar-refractivity contribution in [2.75, 3.05) is 0 Å². The summed E-state index contributed by atoms with van der Waals surface area (Å²) in [5.41, 5.74) is 6.74. The third kappa shape index (κ3) is 2.86. The lowest BCUT2D eigenvalue weighted by molar-refractivity contribution is 0.133. The number of nitrogens with two attached hydrogens (primary N) is 1. The molecule has 1 unspecified atom stereocenters. The van der Waals surface area contributed by atoms with Crippen molar-refractivity contribution in [3.63, 3.8) is 0 Å². The highest BCUT2D eigenvalue weighted by atomic mass is 16.3. The molecule has 0 saturated heterocycles. The second-order valence-corrected chi connectivity index (χ2v) is 4.92. The highest BCUT2D eigenvalue weighted by Gasteiger charge is 2.28. The van der Waals surface area contributed by atoms with Gasteiger partial charge in [-0.1, -0.05) is 30.3 Å². The summed E-state index contributed by atoms with van der Waals surface area (Å²) in [6, 6.07) is 10.5. The lowest BCUT2D eigenvalue weighted by atomic mass is 9.76. The molecule has 1 atom stereocenters. The minimum Gasteiger partial charge on any atom is -0.385 e. The molecule has 2 rings (SSSR count). The smallest absolute Gasteiger partial charge is 0.120 e. The van der Waals surface area contributed by atoms with Gasteiger partial charge < -0.3 is 10.8 Å². The van der Waals surface area contributed by atoms with E-state index in [0.29, 0.717) is 5.92 Å². The van der Waals surface area contributed by atoms with Crippen molar-refractivity contribution in [2.24, 2.45) is 11.7 Å². The largest absolute Gasteiger partial charge is 0.385 e. The van der Waals surface area contributed by atoms with E-state index >= 15 is 0 Å². The Morgan fingerprint density at radius 2 is 1.76 bits per heavy atom. The predicted molar refractivity (Wildman–Crippen MR) is 69.1 cm³/mol. The Hall–Kier alpha value is -1.35. The number of rotatable bonds is 3. The van der Waals surface area contributed by atoms with Crippen LogP contribution in [-0.4, -0.2) is 17.0 Å². The lowest BCUT2D eigenvalue weighted by Gasteiger charge is -2.31. The maximum Gasteiger partial charge on any atom is 0.120 e. The van der Waals surface area contributed by atoms with Crippen LogP contribution < -0.4 is 5.73 Å². The fourth-order valence-electron chi connectivity index (χ4n) is 2.75. The fraction of sp³-hybridized carbons (Fsp3) is 0.500. The summed E-state index contributed by atoms with van der Waals surface area (Å²) in [7, 11) is 0. The summed E-state index contributed by atoms with van der Waals surface area (Å²) in [6.07, 6.45) is 3.34. The average Bonchev–Trinajstić information content (AvgIpc) is 2.39. The summed E-state index contributed by atoms with van der Waals surface area (Å²) < 4.78 is 0. The molecule has 1 aliphatic rings. The summed E-state index contributed by atoms with van der Waals surface area (Å²) in [6.45, 7) is 0. The summed E-state index contributed by atoms with van der Waals surface area (Å²) in [5, 5.41) is 17.0. The van der Waals surface area contributed by atoms with E-state index in [0.717, 1.165) is 25.7 Å². The summed E-state index contributed by atoms with van der Waals surface area (Å²) >= 11 is 0. The van der Waals surface area contributed by atoms with Crippen molar-refractivity contribution in [1.29, 1.82) is 5.41 Å². The standard InChI is InChI=1S/C14H20N2O/c15-14(16)13(17)12-8-6-11(7-9-12)10-4-2-1-3-5-10/h1-5,11-13,17H,6-9H2,(H3,15,16). The van der Waals surface area contributed by atoms with Crippen molar-refractivity contribution in [3.05, 3.63) is 35.9 Å². The Morgan fingerprint density at radius 1 is 1.18 bits per heavy atom. The van der Waals surface area contributed by atoms with Crippen LogP contribution in [0.4, 0.5) is 0 Å². The molecule has 92 valence electrons. The molecular weight excluding hydrogens is 212 g/mol. The van der Waals surface area contributed by atoms with E-state index in [4.69, 9.17) is 11.1 Å². The second kappa shape index (κ2) is 5.32. The SMILES string of the molecule is N=C(N)C(O)C1CCC(c2ccccc2)CC1. The van der Waals surface area contributed by atoms with E-state index in [2.05, 4.69) is 24.3 Å². The van der Waals surface area contributed by atoms with Gasteiger partial charge in [0.2, 0.25) is 0 Å². The van der Waals surface area contributed by atoms with Gasteiger partial charge in [0.1, 0.15) is 11.9 Å². The molecule has 0 aromatic heterocycles. The first-order valence-corrected chi connectivity index (χ1v) is 6.25. The van der Waals surface area contributed by atoms with E-state index in [1.807, 2.05) is 6.07 Å². The number of aliphatic hydroxyl groups is 1. The Morgan fingerprint density at radius 3 is 2.29 bits per heavy atom. The Labute approximate surface area is 102 Å². The molecule has 0 radical (unpaired) electrons. The van der Waals surface area contributed by atoms with Crippen LogP contribution in [0.5, 0.6) is 0 Å². The third-order valence-electron chi connectivity index (χ3n) is 3.81. The molecule has 1 fully saturated rings. The highest BCUT2D eigenvalue weighted by molar-refractivity contribution is 5.81. The number of nitrogens with one attached hydrogen (secondary N) is 1. The normalized spacial score (nSPS) is 26.4. The molecule has 1 aromatic rings. The van der Waals surface area contributed by atoms with E-state index in [-0.39, 0.29) is 11.8 Å². The molecule has 3 heteroatoms. The molecule has 1 aromatic carbocycles. The van der Waals surface area contributed by atoms with Crippen LogP contribution in [-0.2, 0) is 0 Å². The van der Waals surface area contributed by atoms with E-state index in [1.54, 1.807) is 0 Å². The monoisotopic (exact) mass is 232 g/mol. The molecule has 17 heavy (non-hydrogen) atoms. The summed E-state index contributed by atoms with van der Waals surface area (Å²) in [4.78, 5) is 0. The minimum atomic E-state index is -0.744. The number of hydrogen-bond donors (Lipinski definition) is 3. The summed E-state index contributed by atoms with van der Waals surface area (Å²) in [5.74, 6) is 0.687. The number of aliphatic hydroxyl groups excluding tert-OH is 1. The van der Waals surface area contributed by atoms with Crippen LogP contribution >= 0.6 is 0 Å². The molecular formula is C14H20N2O. The molecule has 0 amide bonds. The highest BCUT2D eigenvalue weighted by Crippen LogP contribution is 2.36. The van der Waals surface area contributed by atoms with Gasteiger partial charge in [-0.2, -0.15) is 0 Å². The lowest BCUT2D eigenvalue weighted by Crippen LogP contribution is -2.36. The van der Waals surface area contributed by atoms with Crippen molar-refractivity contribution < 1.29 is 5.11 Å². The zero-order chi connectivity index (χ0) is 12.3. The van der Waals surface area contributed by atoms with Gasteiger partial charge >= 0.3 is 0 Å². The molecule has 1 aliphatic carbocycles. The molecule has 1 saturated carbocycles. The van der Waals surface area contributed by atoms with Gasteiger partial charge in [-0.05, 0) is 43.1 Å². The maximum absolute atomic E-state index is 9.76. The molecule has 3 nitrogen and oxygen atoms in total. The van der Waals surface area contributed by atoms with Crippen LogP contribution in [0.15, 0.2) is 30.3 Å². The Bertz CT molecular complexity index is 369. The van der Waals surface area contributed by atoms with Crippen molar-refractivity contribution in [3.8, 4) is 0 Å². The zero-order valence-corrected chi connectivity index (χ0v) is 9.97. The van der Waals surface area contributed by atoms with E-state index < -0.39 is 6.10 Å². The van der Waals surface area contributed by atoms with Gasteiger partial charge in [0.25, 0.3) is 0 Å². The average molecular weight is 232 g/mol. The van der Waals surface area contributed by atoms with Gasteiger partial charge in [-0.25, -0.2) is 0 Å². The number of benzene rings is 1. The second-order valence-electron chi connectivity index (χ2n) is 4.92. The minimum absolute atomic E-state index is 0.0897. The van der Waals surface area contributed by atoms with Gasteiger partial charge in [0.05, 0.1) is 0 Å². The van der Waals surface area contributed by atoms with Crippen molar-refractivity contribution in [1.82, 2.24) is 0 Å². The van der Waals surface area contributed by atoms with Crippen LogP contribution in [0.2, 0.25) is 0 Å². The van der Waals surface area contributed by atoms with Crippen molar-refractivity contribution in [2.45, 2.75) is 37.7 Å². The van der Waals surface area contributed by atoms with Crippen LogP contribution in [0, 0.1) is 11.3 Å². The molecule has 0 bridgehead atoms. The van der Waals surface area contributed by atoms with Crippen LogP contribution in [0.3, 0.4) is 0 Å².